The predicted molar refractivity (Wildman–Crippen MR) is 112 cm³/mol. The van der Waals surface area contributed by atoms with Crippen LogP contribution in [0.2, 0.25) is 15.1 Å². The summed E-state index contributed by atoms with van der Waals surface area (Å²) in [6.45, 7) is 0. The van der Waals surface area contributed by atoms with Crippen LogP contribution in [0.15, 0.2) is 60.7 Å². The molecule has 28 heavy (non-hydrogen) atoms. The average Bonchev–Trinajstić information content (AvgIpc) is 2.69. The van der Waals surface area contributed by atoms with Crippen LogP contribution in [0.1, 0.15) is 26.3 Å². The lowest BCUT2D eigenvalue weighted by molar-refractivity contribution is 0.102. The monoisotopic (exact) mass is 433 g/mol. The Labute approximate surface area is 177 Å². The summed E-state index contributed by atoms with van der Waals surface area (Å²) < 4.78 is 5.09. The number of ketones is 1. The number of hydrogen-bond donors (Lipinski definition) is 1. The van der Waals surface area contributed by atoms with Crippen molar-refractivity contribution >= 4 is 52.2 Å². The van der Waals surface area contributed by atoms with Crippen LogP contribution in [0.3, 0.4) is 0 Å². The van der Waals surface area contributed by atoms with Crippen LogP contribution in [-0.2, 0) is 0 Å². The quantitative estimate of drug-likeness (QED) is 0.491. The molecule has 0 heterocycles. The molecular formula is C21H14Cl3NO3. The van der Waals surface area contributed by atoms with Gasteiger partial charge in [0.2, 0.25) is 0 Å². The molecule has 0 saturated carbocycles. The molecule has 0 spiro atoms. The Balaban J connectivity index is 1.95. The molecule has 0 bridgehead atoms. The van der Waals surface area contributed by atoms with Crippen LogP contribution in [-0.4, -0.2) is 18.8 Å². The number of benzene rings is 3. The van der Waals surface area contributed by atoms with Gasteiger partial charge >= 0.3 is 0 Å². The van der Waals surface area contributed by atoms with Gasteiger partial charge < -0.3 is 10.1 Å². The molecule has 142 valence electrons. The van der Waals surface area contributed by atoms with E-state index in [-0.39, 0.29) is 32.7 Å². The normalized spacial score (nSPS) is 10.4. The number of halogens is 3. The van der Waals surface area contributed by atoms with E-state index in [4.69, 9.17) is 39.5 Å². The van der Waals surface area contributed by atoms with E-state index in [0.29, 0.717) is 16.3 Å². The summed E-state index contributed by atoms with van der Waals surface area (Å²) >= 11 is 18.3. The molecule has 0 unspecified atom stereocenters. The molecule has 0 fully saturated rings. The van der Waals surface area contributed by atoms with Crippen molar-refractivity contribution in [3.8, 4) is 5.75 Å². The summed E-state index contributed by atoms with van der Waals surface area (Å²) in [5.74, 6) is -0.452. The fraction of sp³-hybridized carbons (Fsp3) is 0.0476. The van der Waals surface area contributed by atoms with E-state index in [1.54, 1.807) is 36.4 Å². The lowest BCUT2D eigenvalue weighted by Crippen LogP contribution is -2.15. The highest BCUT2D eigenvalue weighted by Gasteiger charge is 2.18. The Morgan fingerprint density at radius 3 is 2.11 bits per heavy atom. The van der Waals surface area contributed by atoms with E-state index in [1.165, 1.54) is 25.3 Å². The second-order valence-electron chi connectivity index (χ2n) is 5.81. The fourth-order valence-electron chi connectivity index (χ4n) is 2.64. The first-order valence-corrected chi connectivity index (χ1v) is 9.27. The summed E-state index contributed by atoms with van der Waals surface area (Å²) in [5.41, 5.74) is 1.31. The standard InChI is InChI=1S/C21H14Cl3NO3/c1-28-20-16(23)9-13(10-17(20)24)21(27)25-18-8-7-14(22)11-15(18)19(26)12-5-3-2-4-6-12/h2-11H,1H3,(H,25,27). The van der Waals surface area contributed by atoms with Gasteiger partial charge in [-0.3, -0.25) is 9.59 Å². The van der Waals surface area contributed by atoms with Gasteiger partial charge in [-0.2, -0.15) is 0 Å². The number of nitrogens with one attached hydrogen (secondary N) is 1. The van der Waals surface area contributed by atoms with Gasteiger partial charge in [0.15, 0.2) is 11.5 Å². The van der Waals surface area contributed by atoms with Crippen molar-refractivity contribution in [2.45, 2.75) is 0 Å². The molecule has 3 rings (SSSR count). The maximum Gasteiger partial charge on any atom is 0.255 e. The minimum atomic E-state index is -0.476. The molecule has 1 N–H and O–H groups in total. The lowest BCUT2D eigenvalue weighted by atomic mass is 10.0. The van der Waals surface area contributed by atoms with E-state index in [1.807, 2.05) is 6.07 Å². The van der Waals surface area contributed by atoms with Gasteiger partial charge in [0.05, 0.1) is 22.8 Å². The Morgan fingerprint density at radius 1 is 0.857 bits per heavy atom. The molecule has 0 radical (unpaired) electrons. The highest BCUT2D eigenvalue weighted by molar-refractivity contribution is 6.38. The van der Waals surface area contributed by atoms with Crippen LogP contribution in [0.25, 0.3) is 0 Å². The lowest BCUT2D eigenvalue weighted by Gasteiger charge is -2.13. The van der Waals surface area contributed by atoms with E-state index >= 15 is 0 Å². The van der Waals surface area contributed by atoms with Gasteiger partial charge in [-0.25, -0.2) is 0 Å². The van der Waals surface area contributed by atoms with Crippen LogP contribution in [0.5, 0.6) is 5.75 Å². The zero-order valence-corrected chi connectivity index (χ0v) is 16.9. The first kappa shape index (κ1) is 20.2. The van der Waals surface area contributed by atoms with E-state index in [2.05, 4.69) is 5.32 Å². The third-order valence-electron chi connectivity index (χ3n) is 3.98. The minimum Gasteiger partial charge on any atom is -0.494 e. The molecule has 0 aliphatic heterocycles. The van der Waals surface area contributed by atoms with Gasteiger partial charge in [-0.15, -0.1) is 0 Å². The Bertz CT molecular complexity index is 1030. The van der Waals surface area contributed by atoms with Crippen molar-refractivity contribution in [2.75, 3.05) is 12.4 Å². The minimum absolute atomic E-state index is 0.205. The van der Waals surface area contributed by atoms with Crippen molar-refractivity contribution < 1.29 is 14.3 Å². The second kappa shape index (κ2) is 8.65. The van der Waals surface area contributed by atoms with Crippen LogP contribution in [0.4, 0.5) is 5.69 Å². The first-order chi connectivity index (χ1) is 13.4. The molecule has 0 saturated heterocycles. The van der Waals surface area contributed by atoms with Gasteiger partial charge in [0.25, 0.3) is 5.91 Å². The molecule has 4 nitrogen and oxygen atoms in total. The van der Waals surface area contributed by atoms with Crippen LogP contribution < -0.4 is 10.1 Å². The van der Waals surface area contributed by atoms with Crippen molar-refractivity contribution in [3.63, 3.8) is 0 Å². The fourth-order valence-corrected chi connectivity index (χ4v) is 3.45. The number of ether oxygens (including phenoxy) is 1. The molecule has 0 atom stereocenters. The Kier molecular flexibility index (Phi) is 6.25. The van der Waals surface area contributed by atoms with Gasteiger partial charge in [0.1, 0.15) is 0 Å². The number of carbonyl (C=O) groups excluding carboxylic acids is 2. The maximum absolute atomic E-state index is 12.9. The molecular weight excluding hydrogens is 421 g/mol. The van der Waals surface area contributed by atoms with Gasteiger partial charge in [-0.1, -0.05) is 65.1 Å². The Hall–Kier alpha value is -2.53. The number of amides is 1. The largest absolute Gasteiger partial charge is 0.494 e. The highest BCUT2D eigenvalue weighted by Crippen LogP contribution is 2.34. The maximum atomic E-state index is 12.9. The van der Waals surface area contributed by atoms with Crippen molar-refractivity contribution in [3.05, 3.63) is 92.4 Å². The molecule has 0 aliphatic carbocycles. The smallest absolute Gasteiger partial charge is 0.255 e. The van der Waals surface area contributed by atoms with Crippen LogP contribution in [0, 0.1) is 0 Å². The molecule has 0 aliphatic rings. The molecule has 3 aromatic carbocycles. The Morgan fingerprint density at radius 2 is 1.50 bits per heavy atom. The van der Waals surface area contributed by atoms with Crippen LogP contribution >= 0.6 is 34.8 Å². The predicted octanol–water partition coefficient (Wildman–Crippen LogP) is 6.14. The zero-order valence-electron chi connectivity index (χ0n) is 14.6. The number of anilines is 1. The van der Waals surface area contributed by atoms with E-state index < -0.39 is 5.91 Å². The summed E-state index contributed by atoms with van der Waals surface area (Å²) in [6.07, 6.45) is 0. The summed E-state index contributed by atoms with van der Waals surface area (Å²) in [4.78, 5) is 25.6. The molecule has 0 aromatic heterocycles. The van der Waals surface area contributed by atoms with E-state index in [0.717, 1.165) is 0 Å². The topological polar surface area (TPSA) is 55.4 Å². The molecule has 1 amide bonds. The van der Waals surface area contributed by atoms with Gasteiger partial charge in [0, 0.05) is 21.7 Å². The van der Waals surface area contributed by atoms with Crippen molar-refractivity contribution in [1.82, 2.24) is 0 Å². The third-order valence-corrected chi connectivity index (χ3v) is 4.77. The molecule has 7 heteroatoms. The second-order valence-corrected chi connectivity index (χ2v) is 7.06. The zero-order chi connectivity index (χ0) is 20.3. The molecule has 3 aromatic rings. The van der Waals surface area contributed by atoms with Gasteiger partial charge in [-0.05, 0) is 30.3 Å². The number of methoxy groups -OCH3 is 1. The summed E-state index contributed by atoms with van der Waals surface area (Å²) in [6, 6.07) is 16.3. The average molecular weight is 435 g/mol. The summed E-state index contributed by atoms with van der Waals surface area (Å²) in [5, 5.41) is 3.51. The number of hydrogen-bond acceptors (Lipinski definition) is 3. The highest BCUT2D eigenvalue weighted by atomic mass is 35.5. The third kappa shape index (κ3) is 4.30. The SMILES string of the molecule is COc1c(Cl)cc(C(=O)Nc2ccc(Cl)cc2C(=O)c2ccccc2)cc1Cl. The van der Waals surface area contributed by atoms with E-state index in [9.17, 15) is 9.59 Å². The summed E-state index contributed by atoms with van der Waals surface area (Å²) in [7, 11) is 1.43. The van der Waals surface area contributed by atoms with Crippen molar-refractivity contribution in [2.24, 2.45) is 0 Å². The number of carbonyl (C=O) groups is 2. The van der Waals surface area contributed by atoms with Crippen molar-refractivity contribution in [1.29, 1.82) is 0 Å². The first-order valence-electron chi connectivity index (χ1n) is 8.14. The number of rotatable bonds is 5.